The molecule has 0 aliphatic heterocycles. The first-order valence-corrected chi connectivity index (χ1v) is 6.56. The SMILES string of the molecule is CC(C)(CCc1ccccc1O)c1ccccc1O. The maximum absolute atomic E-state index is 9.95. The van der Waals surface area contributed by atoms with Crippen LogP contribution >= 0.6 is 0 Å². The Kier molecular flexibility index (Phi) is 3.79. The van der Waals surface area contributed by atoms with E-state index in [9.17, 15) is 10.2 Å². The Morgan fingerprint density at radius 3 is 2.05 bits per heavy atom. The molecular formula is C17H20O2. The average molecular weight is 256 g/mol. The molecule has 0 aromatic heterocycles. The van der Waals surface area contributed by atoms with Crippen molar-refractivity contribution >= 4 is 0 Å². The maximum atomic E-state index is 9.95. The summed E-state index contributed by atoms with van der Waals surface area (Å²) in [5.74, 6) is 0.681. The van der Waals surface area contributed by atoms with Gasteiger partial charge in [0.2, 0.25) is 0 Å². The van der Waals surface area contributed by atoms with Crippen molar-refractivity contribution < 1.29 is 10.2 Å². The topological polar surface area (TPSA) is 40.5 Å². The summed E-state index contributed by atoms with van der Waals surface area (Å²) in [6.45, 7) is 4.23. The van der Waals surface area contributed by atoms with Crippen LogP contribution in [0.25, 0.3) is 0 Å². The van der Waals surface area contributed by atoms with Crippen LogP contribution < -0.4 is 0 Å². The fourth-order valence-corrected chi connectivity index (χ4v) is 2.35. The Bertz CT molecular complexity index is 559. The lowest BCUT2D eigenvalue weighted by Crippen LogP contribution is -2.18. The molecule has 0 heterocycles. The van der Waals surface area contributed by atoms with Gasteiger partial charge in [0.15, 0.2) is 0 Å². The van der Waals surface area contributed by atoms with Crippen LogP contribution in [-0.2, 0) is 11.8 Å². The van der Waals surface area contributed by atoms with Gasteiger partial charge in [0.1, 0.15) is 11.5 Å². The van der Waals surface area contributed by atoms with Crippen molar-refractivity contribution in [3.05, 3.63) is 59.7 Å². The van der Waals surface area contributed by atoms with Gasteiger partial charge >= 0.3 is 0 Å². The van der Waals surface area contributed by atoms with Crippen molar-refractivity contribution in [2.75, 3.05) is 0 Å². The fraction of sp³-hybridized carbons (Fsp3) is 0.294. The highest BCUT2D eigenvalue weighted by atomic mass is 16.3. The zero-order chi connectivity index (χ0) is 13.9. The van der Waals surface area contributed by atoms with Crippen molar-refractivity contribution in [3.8, 4) is 11.5 Å². The van der Waals surface area contributed by atoms with Crippen LogP contribution in [0.4, 0.5) is 0 Å². The number of aryl methyl sites for hydroxylation is 1. The molecule has 0 aliphatic rings. The van der Waals surface area contributed by atoms with E-state index in [-0.39, 0.29) is 5.41 Å². The van der Waals surface area contributed by atoms with E-state index in [1.807, 2.05) is 36.4 Å². The Morgan fingerprint density at radius 1 is 0.842 bits per heavy atom. The first-order chi connectivity index (χ1) is 9.00. The maximum Gasteiger partial charge on any atom is 0.119 e. The fourth-order valence-electron chi connectivity index (χ4n) is 2.35. The number of hydrogen-bond acceptors (Lipinski definition) is 2. The van der Waals surface area contributed by atoms with Crippen LogP contribution in [0.2, 0.25) is 0 Å². The van der Waals surface area contributed by atoms with Crippen molar-refractivity contribution in [3.63, 3.8) is 0 Å². The predicted molar refractivity (Wildman–Crippen MR) is 77.6 cm³/mol. The second-order valence-electron chi connectivity index (χ2n) is 5.53. The van der Waals surface area contributed by atoms with Crippen molar-refractivity contribution in [2.45, 2.75) is 32.1 Å². The smallest absolute Gasteiger partial charge is 0.119 e. The van der Waals surface area contributed by atoms with Crippen molar-refractivity contribution in [1.82, 2.24) is 0 Å². The minimum absolute atomic E-state index is 0.131. The number of rotatable bonds is 4. The lowest BCUT2D eigenvalue weighted by Gasteiger charge is -2.26. The van der Waals surface area contributed by atoms with Crippen LogP contribution in [0.5, 0.6) is 11.5 Å². The molecule has 0 aliphatic carbocycles. The van der Waals surface area contributed by atoms with E-state index in [0.29, 0.717) is 11.5 Å². The largest absolute Gasteiger partial charge is 0.508 e. The number of phenolic OH excluding ortho intramolecular Hbond substituents is 2. The minimum Gasteiger partial charge on any atom is -0.508 e. The second-order valence-corrected chi connectivity index (χ2v) is 5.53. The number of hydrogen-bond donors (Lipinski definition) is 2. The summed E-state index contributed by atoms with van der Waals surface area (Å²) >= 11 is 0. The Hall–Kier alpha value is -1.96. The molecule has 0 radical (unpaired) electrons. The first kappa shape index (κ1) is 13.5. The molecule has 0 spiro atoms. The van der Waals surface area contributed by atoms with E-state index in [4.69, 9.17) is 0 Å². The highest BCUT2D eigenvalue weighted by Gasteiger charge is 2.23. The highest BCUT2D eigenvalue weighted by molar-refractivity contribution is 5.38. The summed E-state index contributed by atoms with van der Waals surface area (Å²) in [6, 6.07) is 14.9. The third-order valence-corrected chi connectivity index (χ3v) is 3.64. The van der Waals surface area contributed by atoms with Crippen LogP contribution in [0.1, 0.15) is 31.4 Å². The van der Waals surface area contributed by atoms with Crippen LogP contribution in [-0.4, -0.2) is 10.2 Å². The lowest BCUT2D eigenvalue weighted by atomic mass is 9.79. The van der Waals surface area contributed by atoms with E-state index < -0.39 is 0 Å². The lowest BCUT2D eigenvalue weighted by molar-refractivity contribution is 0.415. The summed E-state index contributed by atoms with van der Waals surface area (Å²) in [7, 11) is 0. The van der Waals surface area contributed by atoms with Gasteiger partial charge in [-0.3, -0.25) is 0 Å². The summed E-state index contributed by atoms with van der Waals surface area (Å²) in [6.07, 6.45) is 1.65. The molecule has 0 saturated carbocycles. The molecule has 0 amide bonds. The van der Waals surface area contributed by atoms with Crippen molar-refractivity contribution in [2.24, 2.45) is 0 Å². The quantitative estimate of drug-likeness (QED) is 0.867. The summed E-state index contributed by atoms with van der Waals surface area (Å²) in [5.41, 5.74) is 1.77. The van der Waals surface area contributed by atoms with Gasteiger partial charge in [-0.1, -0.05) is 50.2 Å². The predicted octanol–water partition coefficient (Wildman–Crippen LogP) is 4.01. The molecule has 2 heteroatoms. The average Bonchev–Trinajstić information content (AvgIpc) is 2.38. The van der Waals surface area contributed by atoms with Crippen molar-refractivity contribution in [1.29, 1.82) is 0 Å². The number of phenols is 2. The Balaban J connectivity index is 2.14. The number of aromatic hydroxyl groups is 2. The first-order valence-electron chi connectivity index (χ1n) is 6.56. The summed E-state index contributed by atoms with van der Waals surface area (Å²) < 4.78 is 0. The van der Waals surface area contributed by atoms with E-state index in [0.717, 1.165) is 24.0 Å². The van der Waals surface area contributed by atoms with Gasteiger partial charge in [0, 0.05) is 0 Å². The van der Waals surface area contributed by atoms with Crippen LogP contribution in [0, 0.1) is 0 Å². The van der Waals surface area contributed by atoms with Gasteiger partial charge in [-0.05, 0) is 41.5 Å². The van der Waals surface area contributed by atoms with E-state index in [1.54, 1.807) is 12.1 Å². The minimum atomic E-state index is -0.131. The molecule has 0 atom stereocenters. The number of para-hydroxylation sites is 2. The van der Waals surface area contributed by atoms with Gasteiger partial charge < -0.3 is 10.2 Å². The zero-order valence-electron chi connectivity index (χ0n) is 11.4. The van der Waals surface area contributed by atoms with Gasteiger partial charge in [0.05, 0.1) is 0 Å². The molecule has 2 aromatic rings. The number of benzene rings is 2. The monoisotopic (exact) mass is 256 g/mol. The molecule has 0 bridgehead atoms. The van der Waals surface area contributed by atoms with Gasteiger partial charge in [0.25, 0.3) is 0 Å². The van der Waals surface area contributed by atoms with E-state index in [2.05, 4.69) is 13.8 Å². The Labute approximate surface area is 114 Å². The third kappa shape index (κ3) is 3.08. The van der Waals surface area contributed by atoms with E-state index in [1.165, 1.54) is 0 Å². The standard InChI is InChI=1S/C17H20O2/c1-17(2,14-8-4-6-10-16(14)19)12-11-13-7-3-5-9-15(13)18/h3-10,18-19H,11-12H2,1-2H3. The molecule has 2 aromatic carbocycles. The molecule has 0 saturated heterocycles. The molecule has 2 rings (SSSR count). The van der Waals surface area contributed by atoms with Crippen LogP contribution in [0.3, 0.4) is 0 Å². The highest BCUT2D eigenvalue weighted by Crippen LogP contribution is 2.35. The normalized spacial score (nSPS) is 11.5. The van der Waals surface area contributed by atoms with Gasteiger partial charge in [-0.2, -0.15) is 0 Å². The summed E-state index contributed by atoms with van der Waals surface area (Å²) in [4.78, 5) is 0. The van der Waals surface area contributed by atoms with Gasteiger partial charge in [-0.25, -0.2) is 0 Å². The summed E-state index contributed by atoms with van der Waals surface area (Å²) in [5, 5.41) is 19.7. The zero-order valence-corrected chi connectivity index (χ0v) is 11.4. The molecule has 0 fully saturated rings. The molecule has 0 unspecified atom stereocenters. The molecule has 2 N–H and O–H groups in total. The second kappa shape index (κ2) is 5.35. The Morgan fingerprint density at radius 2 is 1.42 bits per heavy atom. The van der Waals surface area contributed by atoms with Crippen LogP contribution in [0.15, 0.2) is 48.5 Å². The molecule has 2 nitrogen and oxygen atoms in total. The molecule has 100 valence electrons. The van der Waals surface area contributed by atoms with Gasteiger partial charge in [-0.15, -0.1) is 0 Å². The van der Waals surface area contributed by atoms with E-state index >= 15 is 0 Å². The molecular weight excluding hydrogens is 236 g/mol. The molecule has 19 heavy (non-hydrogen) atoms. The third-order valence-electron chi connectivity index (χ3n) is 3.64.